The van der Waals surface area contributed by atoms with Gasteiger partial charge in [-0.05, 0) is 48.9 Å². The van der Waals surface area contributed by atoms with E-state index in [0.717, 1.165) is 12.2 Å². The molecular formula is C19H18N2O. The highest BCUT2D eigenvalue weighted by Crippen LogP contribution is 2.47. The molecule has 0 bridgehead atoms. The van der Waals surface area contributed by atoms with Crippen LogP contribution in [0.4, 0.5) is 5.69 Å². The molecule has 0 saturated heterocycles. The van der Waals surface area contributed by atoms with Crippen LogP contribution in [-0.4, -0.2) is 12.3 Å². The van der Waals surface area contributed by atoms with Gasteiger partial charge in [-0.15, -0.1) is 0 Å². The Hall–Kier alpha value is -2.60. The van der Waals surface area contributed by atoms with Crippen molar-refractivity contribution in [2.24, 2.45) is 5.92 Å². The van der Waals surface area contributed by atoms with Crippen LogP contribution < -0.4 is 5.32 Å². The molecule has 1 aliphatic carbocycles. The number of nitrogens with zero attached hydrogens (tertiary/aromatic N) is 1. The van der Waals surface area contributed by atoms with E-state index in [9.17, 15) is 10.1 Å². The second-order valence-electron chi connectivity index (χ2n) is 5.82. The van der Waals surface area contributed by atoms with Gasteiger partial charge < -0.3 is 5.32 Å². The minimum atomic E-state index is 0.0149. The van der Waals surface area contributed by atoms with E-state index in [1.165, 1.54) is 18.9 Å². The standard InChI is InChI=1S/C19H18N2O/c1-13(22)15-7-8-16(11-20)19(10-15)21-12-17-9-18(17)14-5-3-2-4-6-14/h2-8,10,17-18,21H,9,12H2,1H3. The van der Waals surface area contributed by atoms with Gasteiger partial charge in [-0.1, -0.05) is 30.3 Å². The van der Waals surface area contributed by atoms with Gasteiger partial charge >= 0.3 is 0 Å². The topological polar surface area (TPSA) is 52.9 Å². The Morgan fingerprint density at radius 2 is 2.05 bits per heavy atom. The van der Waals surface area contributed by atoms with Crippen molar-refractivity contribution in [2.45, 2.75) is 19.3 Å². The molecule has 0 radical (unpaired) electrons. The maximum atomic E-state index is 11.5. The molecule has 2 aromatic carbocycles. The molecule has 1 aliphatic rings. The van der Waals surface area contributed by atoms with Gasteiger partial charge in [-0.25, -0.2) is 0 Å². The van der Waals surface area contributed by atoms with Crippen LogP contribution >= 0.6 is 0 Å². The number of anilines is 1. The molecule has 3 nitrogen and oxygen atoms in total. The van der Waals surface area contributed by atoms with Crippen molar-refractivity contribution in [1.82, 2.24) is 0 Å². The zero-order valence-corrected chi connectivity index (χ0v) is 12.5. The number of rotatable bonds is 5. The van der Waals surface area contributed by atoms with Crippen molar-refractivity contribution in [1.29, 1.82) is 5.26 Å². The van der Waals surface area contributed by atoms with Gasteiger partial charge in [-0.2, -0.15) is 5.26 Å². The van der Waals surface area contributed by atoms with Gasteiger partial charge in [0, 0.05) is 12.1 Å². The summed E-state index contributed by atoms with van der Waals surface area (Å²) >= 11 is 0. The van der Waals surface area contributed by atoms with Gasteiger partial charge in [0.1, 0.15) is 6.07 Å². The Morgan fingerprint density at radius 1 is 1.27 bits per heavy atom. The van der Waals surface area contributed by atoms with Gasteiger partial charge in [0.25, 0.3) is 0 Å². The van der Waals surface area contributed by atoms with Crippen molar-refractivity contribution in [2.75, 3.05) is 11.9 Å². The van der Waals surface area contributed by atoms with Crippen LogP contribution in [-0.2, 0) is 0 Å². The fourth-order valence-electron chi connectivity index (χ4n) is 2.83. The van der Waals surface area contributed by atoms with Gasteiger partial charge in [-0.3, -0.25) is 4.79 Å². The van der Waals surface area contributed by atoms with Crippen LogP contribution in [0.2, 0.25) is 0 Å². The second kappa shape index (κ2) is 6.03. The third-order valence-corrected chi connectivity index (χ3v) is 4.25. The monoisotopic (exact) mass is 290 g/mol. The number of nitrogens with one attached hydrogen (secondary N) is 1. The Balaban J connectivity index is 1.66. The molecule has 0 aromatic heterocycles. The van der Waals surface area contributed by atoms with Crippen LogP contribution in [0.3, 0.4) is 0 Å². The van der Waals surface area contributed by atoms with E-state index in [1.807, 2.05) is 6.07 Å². The minimum absolute atomic E-state index is 0.0149. The molecule has 2 aromatic rings. The second-order valence-corrected chi connectivity index (χ2v) is 5.82. The van der Waals surface area contributed by atoms with E-state index >= 15 is 0 Å². The highest BCUT2D eigenvalue weighted by molar-refractivity contribution is 5.95. The molecule has 0 heterocycles. The first-order valence-corrected chi connectivity index (χ1v) is 7.53. The van der Waals surface area contributed by atoms with E-state index in [1.54, 1.807) is 18.2 Å². The predicted octanol–water partition coefficient (Wildman–Crippen LogP) is 3.98. The quantitative estimate of drug-likeness (QED) is 0.847. The number of hydrogen-bond acceptors (Lipinski definition) is 3. The first kappa shape index (κ1) is 14.3. The summed E-state index contributed by atoms with van der Waals surface area (Å²) in [6.07, 6.45) is 1.17. The number of hydrogen-bond donors (Lipinski definition) is 1. The fourth-order valence-corrected chi connectivity index (χ4v) is 2.83. The normalized spacial score (nSPS) is 19.3. The SMILES string of the molecule is CC(=O)c1ccc(C#N)c(NCC2CC2c2ccccc2)c1. The van der Waals surface area contributed by atoms with E-state index in [-0.39, 0.29) is 5.78 Å². The average molecular weight is 290 g/mol. The molecule has 2 atom stereocenters. The van der Waals surface area contributed by atoms with E-state index in [2.05, 4.69) is 35.7 Å². The Kier molecular flexibility index (Phi) is 3.93. The van der Waals surface area contributed by atoms with Gasteiger partial charge in [0.05, 0.1) is 11.3 Å². The van der Waals surface area contributed by atoms with E-state index < -0.39 is 0 Å². The van der Waals surface area contributed by atoms with Crippen LogP contribution in [0.15, 0.2) is 48.5 Å². The molecule has 0 aliphatic heterocycles. The summed E-state index contributed by atoms with van der Waals surface area (Å²) in [5, 5.41) is 12.5. The number of carbonyl (C=O) groups excluding carboxylic acids is 1. The highest BCUT2D eigenvalue weighted by Gasteiger charge is 2.37. The van der Waals surface area contributed by atoms with Crippen LogP contribution in [0.25, 0.3) is 0 Å². The summed E-state index contributed by atoms with van der Waals surface area (Å²) < 4.78 is 0. The third-order valence-electron chi connectivity index (χ3n) is 4.25. The molecule has 1 N–H and O–H groups in total. The van der Waals surface area contributed by atoms with Crippen molar-refractivity contribution >= 4 is 11.5 Å². The lowest BCUT2D eigenvalue weighted by Crippen LogP contribution is -2.07. The van der Waals surface area contributed by atoms with Crippen LogP contribution in [0.1, 0.15) is 40.7 Å². The zero-order valence-electron chi connectivity index (χ0n) is 12.5. The number of Topliss-reactive ketones (excluding diaryl/α,β-unsaturated/α-hetero) is 1. The molecule has 22 heavy (non-hydrogen) atoms. The lowest BCUT2D eigenvalue weighted by Gasteiger charge is -2.09. The third kappa shape index (κ3) is 3.01. The molecule has 3 rings (SSSR count). The summed E-state index contributed by atoms with van der Waals surface area (Å²) in [4.78, 5) is 11.5. The number of ketones is 1. The summed E-state index contributed by atoms with van der Waals surface area (Å²) in [7, 11) is 0. The first-order chi connectivity index (χ1) is 10.7. The predicted molar refractivity (Wildman–Crippen MR) is 86.9 cm³/mol. The molecular weight excluding hydrogens is 272 g/mol. The summed E-state index contributed by atoms with van der Waals surface area (Å²) in [6.45, 7) is 2.37. The number of benzene rings is 2. The Bertz CT molecular complexity index is 731. The fraction of sp³-hybridized carbons (Fsp3) is 0.263. The Morgan fingerprint density at radius 3 is 2.73 bits per heavy atom. The highest BCUT2D eigenvalue weighted by atomic mass is 16.1. The average Bonchev–Trinajstić information content (AvgIpc) is 3.33. The van der Waals surface area contributed by atoms with Crippen LogP contribution in [0.5, 0.6) is 0 Å². The van der Waals surface area contributed by atoms with Crippen LogP contribution in [0, 0.1) is 17.2 Å². The number of nitriles is 1. The molecule has 1 fully saturated rings. The number of carbonyl (C=O) groups is 1. The maximum absolute atomic E-state index is 11.5. The molecule has 110 valence electrons. The van der Waals surface area contributed by atoms with Gasteiger partial charge in [0.2, 0.25) is 0 Å². The van der Waals surface area contributed by atoms with Crippen molar-refractivity contribution < 1.29 is 4.79 Å². The zero-order chi connectivity index (χ0) is 15.5. The summed E-state index contributed by atoms with van der Waals surface area (Å²) in [5.41, 5.74) is 3.36. The maximum Gasteiger partial charge on any atom is 0.159 e. The Labute approximate surface area is 130 Å². The summed E-state index contributed by atoms with van der Waals surface area (Å²) in [5.74, 6) is 1.21. The summed E-state index contributed by atoms with van der Waals surface area (Å²) in [6, 6.07) is 17.9. The van der Waals surface area contributed by atoms with Crippen molar-refractivity contribution in [3.8, 4) is 6.07 Å². The lowest BCUT2D eigenvalue weighted by atomic mass is 10.1. The lowest BCUT2D eigenvalue weighted by molar-refractivity contribution is 0.101. The molecule has 1 saturated carbocycles. The van der Waals surface area contributed by atoms with Crippen molar-refractivity contribution in [3.63, 3.8) is 0 Å². The molecule has 3 heteroatoms. The largest absolute Gasteiger partial charge is 0.384 e. The molecule has 0 spiro atoms. The smallest absolute Gasteiger partial charge is 0.159 e. The molecule has 0 amide bonds. The first-order valence-electron chi connectivity index (χ1n) is 7.53. The van der Waals surface area contributed by atoms with Crippen molar-refractivity contribution in [3.05, 3.63) is 65.2 Å². The minimum Gasteiger partial charge on any atom is -0.384 e. The van der Waals surface area contributed by atoms with E-state index in [4.69, 9.17) is 0 Å². The van der Waals surface area contributed by atoms with Gasteiger partial charge in [0.15, 0.2) is 5.78 Å². The molecule has 2 unspecified atom stereocenters. The van der Waals surface area contributed by atoms with E-state index in [0.29, 0.717) is 23.0 Å².